The number of rotatable bonds is 7. The molecule has 0 bridgehead atoms. The second-order valence-electron chi connectivity index (χ2n) is 6.19. The van der Waals surface area contributed by atoms with Gasteiger partial charge in [-0.25, -0.2) is 13.4 Å². The van der Waals surface area contributed by atoms with Crippen LogP contribution in [0.5, 0.6) is 0 Å². The lowest BCUT2D eigenvalue weighted by molar-refractivity contribution is -0.127. The highest BCUT2D eigenvalue weighted by Crippen LogP contribution is 2.24. The van der Waals surface area contributed by atoms with E-state index >= 15 is 0 Å². The van der Waals surface area contributed by atoms with E-state index in [9.17, 15) is 13.2 Å². The zero-order chi connectivity index (χ0) is 19.4. The largest absolute Gasteiger partial charge is 0.340 e. The maximum atomic E-state index is 12.5. The first-order chi connectivity index (χ1) is 12.9. The van der Waals surface area contributed by atoms with Crippen molar-refractivity contribution >= 4 is 50.6 Å². The summed E-state index contributed by atoms with van der Waals surface area (Å²) in [6, 6.07) is 6.94. The summed E-state index contributed by atoms with van der Waals surface area (Å²) in [5, 5.41) is 0.622. The van der Waals surface area contributed by atoms with Crippen molar-refractivity contribution in [3.8, 4) is 0 Å². The average Bonchev–Trinajstić information content (AvgIpc) is 3.32. The SMILES string of the molecule is CN(Cc1ccc(Cl)s1)C(=O)CSc1ccc(S(=O)(=O)N2CCCC2)cn1. The van der Waals surface area contributed by atoms with E-state index in [1.807, 2.05) is 12.1 Å². The first kappa shape index (κ1) is 20.6. The van der Waals surface area contributed by atoms with Gasteiger partial charge in [-0.05, 0) is 37.1 Å². The summed E-state index contributed by atoms with van der Waals surface area (Å²) in [6.45, 7) is 1.64. The maximum absolute atomic E-state index is 12.5. The van der Waals surface area contributed by atoms with Gasteiger partial charge in [0.15, 0.2) is 0 Å². The van der Waals surface area contributed by atoms with Crippen LogP contribution in [0.25, 0.3) is 0 Å². The number of hydrogen-bond acceptors (Lipinski definition) is 6. The minimum Gasteiger partial charge on any atom is -0.340 e. The number of aromatic nitrogens is 1. The van der Waals surface area contributed by atoms with Gasteiger partial charge in [0, 0.05) is 31.2 Å². The summed E-state index contributed by atoms with van der Waals surface area (Å²) in [7, 11) is -1.71. The molecule has 1 saturated heterocycles. The minimum absolute atomic E-state index is 0.0277. The zero-order valence-electron chi connectivity index (χ0n) is 14.8. The van der Waals surface area contributed by atoms with Crippen molar-refractivity contribution in [2.45, 2.75) is 29.3 Å². The lowest BCUT2D eigenvalue weighted by atomic mass is 10.4. The summed E-state index contributed by atoms with van der Waals surface area (Å²) in [6.07, 6.45) is 3.17. The second-order valence-corrected chi connectivity index (χ2v) is 10.9. The van der Waals surface area contributed by atoms with Gasteiger partial charge >= 0.3 is 0 Å². The summed E-state index contributed by atoms with van der Waals surface area (Å²) in [4.78, 5) is 19.3. The second kappa shape index (κ2) is 8.91. The van der Waals surface area contributed by atoms with Gasteiger partial charge in [-0.1, -0.05) is 23.4 Å². The van der Waals surface area contributed by atoms with E-state index in [1.54, 1.807) is 24.1 Å². The summed E-state index contributed by atoms with van der Waals surface area (Å²) >= 11 is 8.65. The van der Waals surface area contributed by atoms with E-state index in [2.05, 4.69) is 4.98 Å². The van der Waals surface area contributed by atoms with Gasteiger partial charge in [0.25, 0.3) is 0 Å². The first-order valence-corrected chi connectivity index (χ1v) is 12.1. The summed E-state index contributed by atoms with van der Waals surface area (Å²) in [5.74, 6) is 0.209. The van der Waals surface area contributed by atoms with Crippen LogP contribution in [0.1, 0.15) is 17.7 Å². The van der Waals surface area contributed by atoms with Crippen LogP contribution in [0.15, 0.2) is 40.4 Å². The predicted octanol–water partition coefficient (Wildman–Crippen LogP) is 3.33. The van der Waals surface area contributed by atoms with E-state index in [4.69, 9.17) is 11.6 Å². The maximum Gasteiger partial charge on any atom is 0.244 e. The van der Waals surface area contributed by atoms with E-state index < -0.39 is 10.0 Å². The van der Waals surface area contributed by atoms with Gasteiger partial charge in [0.1, 0.15) is 4.90 Å². The van der Waals surface area contributed by atoms with Crippen molar-refractivity contribution in [1.82, 2.24) is 14.2 Å². The molecule has 1 aliphatic heterocycles. The molecule has 6 nitrogen and oxygen atoms in total. The molecule has 3 rings (SSSR count). The molecule has 0 aromatic carbocycles. The number of amides is 1. The Morgan fingerprint density at radius 2 is 2.04 bits per heavy atom. The molecule has 1 fully saturated rings. The van der Waals surface area contributed by atoms with Crippen LogP contribution in [0.3, 0.4) is 0 Å². The molecular weight excluding hydrogens is 426 g/mol. The third-order valence-corrected chi connectivity index (χ3v) is 8.23. The van der Waals surface area contributed by atoms with Crippen LogP contribution in [0.2, 0.25) is 4.34 Å². The molecule has 0 unspecified atom stereocenters. The molecule has 0 radical (unpaired) electrons. The van der Waals surface area contributed by atoms with Crippen molar-refractivity contribution in [3.63, 3.8) is 0 Å². The molecule has 2 aromatic heterocycles. The Kier molecular flexibility index (Phi) is 6.80. The van der Waals surface area contributed by atoms with Gasteiger partial charge in [0.2, 0.25) is 15.9 Å². The molecule has 27 heavy (non-hydrogen) atoms. The van der Waals surface area contributed by atoms with Crippen molar-refractivity contribution in [2.75, 3.05) is 25.9 Å². The van der Waals surface area contributed by atoms with Crippen molar-refractivity contribution in [3.05, 3.63) is 39.7 Å². The summed E-state index contributed by atoms with van der Waals surface area (Å²) in [5.41, 5.74) is 0. The molecule has 2 aromatic rings. The van der Waals surface area contributed by atoms with E-state index in [-0.39, 0.29) is 16.6 Å². The van der Waals surface area contributed by atoms with Crippen molar-refractivity contribution in [2.24, 2.45) is 0 Å². The van der Waals surface area contributed by atoms with Crippen LogP contribution >= 0.6 is 34.7 Å². The highest BCUT2D eigenvalue weighted by Gasteiger charge is 2.27. The molecule has 0 saturated carbocycles. The number of thioether (sulfide) groups is 1. The third kappa shape index (κ3) is 5.23. The van der Waals surface area contributed by atoms with Crippen LogP contribution in [0, 0.1) is 0 Å². The molecule has 1 amide bonds. The lowest BCUT2D eigenvalue weighted by Gasteiger charge is -2.16. The van der Waals surface area contributed by atoms with E-state index in [0.29, 0.717) is 29.0 Å². The smallest absolute Gasteiger partial charge is 0.244 e. The molecule has 146 valence electrons. The molecule has 10 heteroatoms. The molecule has 0 N–H and O–H groups in total. The predicted molar refractivity (Wildman–Crippen MR) is 109 cm³/mol. The molecule has 3 heterocycles. The average molecular weight is 446 g/mol. The van der Waals surface area contributed by atoms with E-state index in [1.165, 1.54) is 33.6 Å². The Morgan fingerprint density at radius 1 is 1.30 bits per heavy atom. The van der Waals surface area contributed by atoms with Gasteiger partial charge in [-0.3, -0.25) is 4.79 Å². The Hall–Kier alpha value is -1.13. The number of nitrogens with zero attached hydrogens (tertiary/aromatic N) is 3. The number of carbonyl (C=O) groups excluding carboxylic acids is 1. The minimum atomic E-state index is -3.46. The fourth-order valence-corrected chi connectivity index (χ4v) is 6.07. The Labute approximate surface area is 172 Å². The Balaban J connectivity index is 1.54. The molecule has 0 aliphatic carbocycles. The molecule has 0 spiro atoms. The number of pyridine rings is 1. The Bertz CT molecular complexity index is 894. The monoisotopic (exact) mass is 445 g/mol. The fraction of sp³-hybridized carbons (Fsp3) is 0.412. The van der Waals surface area contributed by atoms with Crippen molar-refractivity contribution in [1.29, 1.82) is 0 Å². The molecular formula is C17H20ClN3O3S3. The van der Waals surface area contributed by atoms with Crippen LogP contribution in [-0.4, -0.2) is 54.4 Å². The first-order valence-electron chi connectivity index (χ1n) is 8.43. The topological polar surface area (TPSA) is 70.6 Å². The Morgan fingerprint density at radius 3 is 2.63 bits per heavy atom. The van der Waals surface area contributed by atoms with Gasteiger partial charge in [-0.2, -0.15) is 4.31 Å². The number of halogens is 1. The van der Waals surface area contributed by atoms with Crippen LogP contribution in [-0.2, 0) is 21.4 Å². The molecule has 1 aliphatic rings. The summed E-state index contributed by atoms with van der Waals surface area (Å²) < 4.78 is 27.2. The normalized spacial score (nSPS) is 15.2. The quantitative estimate of drug-likeness (QED) is 0.611. The van der Waals surface area contributed by atoms with Gasteiger partial charge in [-0.15, -0.1) is 11.3 Å². The highest BCUT2D eigenvalue weighted by atomic mass is 35.5. The number of carbonyl (C=O) groups is 1. The fourth-order valence-electron chi connectivity index (χ4n) is 2.69. The molecule has 0 atom stereocenters. The third-order valence-electron chi connectivity index (χ3n) is 4.20. The van der Waals surface area contributed by atoms with Crippen LogP contribution in [0.4, 0.5) is 0 Å². The zero-order valence-corrected chi connectivity index (χ0v) is 18.0. The van der Waals surface area contributed by atoms with Crippen molar-refractivity contribution < 1.29 is 13.2 Å². The van der Waals surface area contributed by atoms with Crippen LogP contribution < -0.4 is 0 Å². The number of sulfonamides is 1. The highest BCUT2D eigenvalue weighted by molar-refractivity contribution is 7.99. The van der Waals surface area contributed by atoms with Gasteiger partial charge in [0.05, 0.1) is 21.7 Å². The standard InChI is InChI=1S/C17H20ClN3O3S3/c1-20(11-13-4-6-15(18)26-13)17(22)12-25-16-7-5-14(10-19-16)27(23,24)21-8-2-3-9-21/h4-7,10H,2-3,8-9,11-12H2,1H3. The number of hydrogen-bond donors (Lipinski definition) is 0. The van der Waals surface area contributed by atoms with Gasteiger partial charge < -0.3 is 4.90 Å². The number of thiophene rings is 1. The lowest BCUT2D eigenvalue weighted by Crippen LogP contribution is -2.28. The van der Waals surface area contributed by atoms with E-state index in [0.717, 1.165) is 17.7 Å².